The van der Waals surface area contributed by atoms with E-state index in [4.69, 9.17) is 10.5 Å². The molecule has 21 heavy (non-hydrogen) atoms. The third-order valence-electron chi connectivity index (χ3n) is 3.26. The maximum atomic E-state index is 11.7. The zero-order valence-corrected chi connectivity index (χ0v) is 12.6. The quantitative estimate of drug-likeness (QED) is 0.604. The van der Waals surface area contributed by atoms with E-state index in [1.165, 1.54) is 5.56 Å². The molecule has 1 aliphatic heterocycles. The summed E-state index contributed by atoms with van der Waals surface area (Å²) < 4.78 is 4.82. The maximum Gasteiger partial charge on any atom is 0.331 e. The molecule has 6 heteroatoms. The van der Waals surface area contributed by atoms with Gasteiger partial charge >= 0.3 is 11.9 Å². The van der Waals surface area contributed by atoms with Crippen LogP contribution in [-0.2, 0) is 20.1 Å². The molecule has 0 unspecified atom stereocenters. The minimum absolute atomic E-state index is 0.363. The second-order valence-corrected chi connectivity index (χ2v) is 6.03. The van der Waals surface area contributed by atoms with E-state index >= 15 is 0 Å². The standard InChI is InChI=1S/C15H20N2O3S/c16-12(10-21-9-11-5-2-1-3-6-11)14(18)20-15(19)13-7-4-8-17-13/h1-3,5-6,12-13,17H,4,7-10,16H2/t12-,13-/m0/s1. The number of ether oxygens (including phenoxy) is 1. The number of rotatable bonds is 6. The molecule has 2 rings (SSSR count). The SMILES string of the molecule is N[C@@H](CSCc1ccccc1)C(=O)OC(=O)[C@@H]1CCCN1. The van der Waals surface area contributed by atoms with Gasteiger partial charge in [0.15, 0.2) is 0 Å². The summed E-state index contributed by atoms with van der Waals surface area (Å²) in [5.74, 6) is 0.0502. The van der Waals surface area contributed by atoms with Crippen LogP contribution in [0, 0.1) is 0 Å². The van der Waals surface area contributed by atoms with Crippen LogP contribution in [0.2, 0.25) is 0 Å². The van der Waals surface area contributed by atoms with E-state index in [2.05, 4.69) is 5.32 Å². The number of esters is 2. The normalized spacial score (nSPS) is 19.2. The number of hydrogen-bond acceptors (Lipinski definition) is 6. The van der Waals surface area contributed by atoms with Crippen LogP contribution < -0.4 is 11.1 Å². The van der Waals surface area contributed by atoms with E-state index < -0.39 is 18.0 Å². The summed E-state index contributed by atoms with van der Waals surface area (Å²) in [5.41, 5.74) is 6.94. The predicted molar refractivity (Wildman–Crippen MR) is 82.7 cm³/mol. The third-order valence-corrected chi connectivity index (χ3v) is 4.39. The summed E-state index contributed by atoms with van der Waals surface area (Å²) in [6.45, 7) is 0.785. The molecule has 5 nitrogen and oxygen atoms in total. The summed E-state index contributed by atoms with van der Waals surface area (Å²) in [7, 11) is 0. The summed E-state index contributed by atoms with van der Waals surface area (Å²) >= 11 is 1.55. The summed E-state index contributed by atoms with van der Waals surface area (Å²) in [6.07, 6.45) is 1.64. The number of carbonyl (C=O) groups excluding carboxylic acids is 2. The minimum atomic E-state index is -0.774. The molecule has 1 aromatic carbocycles. The first kappa shape index (κ1) is 16.0. The Kier molecular flexibility index (Phi) is 6.22. The van der Waals surface area contributed by atoms with Crippen molar-refractivity contribution in [3.05, 3.63) is 35.9 Å². The van der Waals surface area contributed by atoms with Crippen LogP contribution >= 0.6 is 11.8 Å². The number of nitrogens with one attached hydrogen (secondary N) is 1. The molecule has 114 valence electrons. The Hall–Kier alpha value is -1.37. The molecule has 1 aromatic rings. The first-order valence-corrected chi connectivity index (χ1v) is 8.18. The van der Waals surface area contributed by atoms with E-state index in [0.717, 1.165) is 18.7 Å². The third kappa shape index (κ3) is 5.15. The van der Waals surface area contributed by atoms with Crippen LogP contribution in [-0.4, -0.2) is 36.3 Å². The van der Waals surface area contributed by atoms with Crippen molar-refractivity contribution in [3.8, 4) is 0 Å². The molecule has 1 heterocycles. The maximum absolute atomic E-state index is 11.7. The molecule has 0 bridgehead atoms. The van der Waals surface area contributed by atoms with Crippen LogP contribution in [0.4, 0.5) is 0 Å². The lowest BCUT2D eigenvalue weighted by atomic mass is 10.2. The van der Waals surface area contributed by atoms with E-state index in [9.17, 15) is 9.59 Å². The fraction of sp³-hybridized carbons (Fsp3) is 0.467. The molecule has 1 saturated heterocycles. The van der Waals surface area contributed by atoms with Crippen LogP contribution in [0.15, 0.2) is 30.3 Å². The van der Waals surface area contributed by atoms with Crippen molar-refractivity contribution in [1.29, 1.82) is 0 Å². The highest BCUT2D eigenvalue weighted by Crippen LogP contribution is 2.13. The van der Waals surface area contributed by atoms with E-state index in [-0.39, 0.29) is 6.04 Å². The van der Waals surface area contributed by atoms with Gasteiger partial charge < -0.3 is 15.8 Å². The number of thioether (sulfide) groups is 1. The van der Waals surface area contributed by atoms with Gasteiger partial charge in [-0.2, -0.15) is 11.8 Å². The first-order chi connectivity index (χ1) is 10.2. The average molecular weight is 308 g/mol. The average Bonchev–Trinajstić information content (AvgIpc) is 3.02. The van der Waals surface area contributed by atoms with Crippen LogP contribution in [0.1, 0.15) is 18.4 Å². The molecule has 1 fully saturated rings. The van der Waals surface area contributed by atoms with Crippen molar-refractivity contribution in [2.45, 2.75) is 30.7 Å². The van der Waals surface area contributed by atoms with Crippen LogP contribution in [0.3, 0.4) is 0 Å². The Labute approximate surface area is 128 Å². The zero-order valence-electron chi connectivity index (χ0n) is 11.8. The summed E-state index contributed by atoms with van der Waals surface area (Å²) in [4.78, 5) is 23.4. The van der Waals surface area contributed by atoms with Gasteiger partial charge in [0.05, 0.1) is 0 Å². The van der Waals surface area contributed by atoms with Crippen molar-refractivity contribution in [2.75, 3.05) is 12.3 Å². The van der Waals surface area contributed by atoms with Gasteiger partial charge in [-0.05, 0) is 24.9 Å². The Balaban J connectivity index is 1.68. The van der Waals surface area contributed by atoms with Gasteiger partial charge in [-0.15, -0.1) is 0 Å². The largest absolute Gasteiger partial charge is 0.391 e. The Bertz CT molecular complexity index is 475. The van der Waals surface area contributed by atoms with Crippen molar-refractivity contribution in [3.63, 3.8) is 0 Å². The molecule has 1 aliphatic rings. The van der Waals surface area contributed by atoms with E-state index in [1.807, 2.05) is 30.3 Å². The highest BCUT2D eigenvalue weighted by molar-refractivity contribution is 7.98. The van der Waals surface area contributed by atoms with Gasteiger partial charge in [-0.1, -0.05) is 30.3 Å². The molecular weight excluding hydrogens is 288 g/mol. The minimum Gasteiger partial charge on any atom is -0.391 e. The van der Waals surface area contributed by atoms with Gasteiger partial charge in [-0.25, -0.2) is 9.59 Å². The molecule has 0 aliphatic carbocycles. The molecule has 0 amide bonds. The number of nitrogens with two attached hydrogens (primary N) is 1. The molecule has 0 spiro atoms. The van der Waals surface area contributed by atoms with Crippen molar-refractivity contribution in [2.24, 2.45) is 5.73 Å². The molecule has 0 radical (unpaired) electrons. The van der Waals surface area contributed by atoms with Gasteiger partial charge in [0.1, 0.15) is 12.1 Å². The van der Waals surface area contributed by atoms with Gasteiger partial charge in [0, 0.05) is 11.5 Å². The number of carbonyl (C=O) groups is 2. The van der Waals surface area contributed by atoms with Crippen LogP contribution in [0.5, 0.6) is 0 Å². The summed E-state index contributed by atoms with van der Waals surface area (Å²) in [5, 5.41) is 2.99. The van der Waals surface area contributed by atoms with Crippen LogP contribution in [0.25, 0.3) is 0 Å². The topological polar surface area (TPSA) is 81.4 Å². The van der Waals surface area contributed by atoms with Gasteiger partial charge in [0.2, 0.25) is 0 Å². The second kappa shape index (κ2) is 8.17. The Morgan fingerprint density at radius 3 is 2.81 bits per heavy atom. The lowest BCUT2D eigenvalue weighted by molar-refractivity contribution is -0.161. The second-order valence-electron chi connectivity index (χ2n) is 5.00. The van der Waals surface area contributed by atoms with Gasteiger partial charge in [-0.3, -0.25) is 0 Å². The molecular formula is C15H20N2O3S. The highest BCUT2D eigenvalue weighted by Gasteiger charge is 2.27. The predicted octanol–water partition coefficient (Wildman–Crippen LogP) is 1.07. The first-order valence-electron chi connectivity index (χ1n) is 7.03. The number of hydrogen-bond donors (Lipinski definition) is 2. The molecule has 3 N–H and O–H groups in total. The highest BCUT2D eigenvalue weighted by atomic mass is 32.2. The molecule has 2 atom stereocenters. The van der Waals surface area contributed by atoms with E-state index in [0.29, 0.717) is 12.2 Å². The summed E-state index contributed by atoms with van der Waals surface area (Å²) in [6, 6.07) is 8.80. The lowest BCUT2D eigenvalue weighted by Crippen LogP contribution is -2.40. The molecule has 0 aromatic heterocycles. The van der Waals surface area contributed by atoms with Gasteiger partial charge in [0.25, 0.3) is 0 Å². The molecule has 0 saturated carbocycles. The smallest absolute Gasteiger partial charge is 0.331 e. The fourth-order valence-corrected chi connectivity index (χ4v) is 3.01. The lowest BCUT2D eigenvalue weighted by Gasteiger charge is -2.12. The Morgan fingerprint density at radius 1 is 1.38 bits per heavy atom. The fourth-order valence-electron chi connectivity index (χ4n) is 2.08. The van der Waals surface area contributed by atoms with Crippen molar-refractivity contribution >= 4 is 23.7 Å². The Morgan fingerprint density at radius 2 is 2.14 bits per heavy atom. The monoisotopic (exact) mass is 308 g/mol. The van der Waals surface area contributed by atoms with Crippen molar-refractivity contribution in [1.82, 2.24) is 5.32 Å². The van der Waals surface area contributed by atoms with Crippen molar-refractivity contribution < 1.29 is 14.3 Å². The van der Waals surface area contributed by atoms with E-state index in [1.54, 1.807) is 11.8 Å². The number of benzene rings is 1. The zero-order chi connectivity index (χ0) is 15.1.